The van der Waals surface area contributed by atoms with Gasteiger partial charge in [-0.05, 0) is 33.0 Å². The van der Waals surface area contributed by atoms with Crippen molar-refractivity contribution in [2.24, 2.45) is 0 Å². The number of likely N-dealkylation sites (N-methyl/N-ethyl adjacent to an activating group) is 1. The van der Waals surface area contributed by atoms with Gasteiger partial charge in [0, 0.05) is 10.4 Å². The van der Waals surface area contributed by atoms with Crippen LogP contribution < -0.4 is 5.32 Å². The van der Waals surface area contributed by atoms with Gasteiger partial charge in [-0.1, -0.05) is 0 Å². The molecule has 8 heteroatoms. The molecule has 0 saturated heterocycles. The van der Waals surface area contributed by atoms with Gasteiger partial charge in [0.1, 0.15) is 5.82 Å². The molecule has 0 atom stereocenters. The van der Waals surface area contributed by atoms with Crippen molar-refractivity contribution in [1.82, 2.24) is 10.3 Å². The molecule has 0 spiro atoms. The lowest BCUT2D eigenvalue weighted by atomic mass is 10.1. The Morgan fingerprint density at radius 2 is 2.14 bits per heavy atom. The first-order valence-corrected chi connectivity index (χ1v) is 7.00. The summed E-state index contributed by atoms with van der Waals surface area (Å²) in [4.78, 5) is 14.8. The predicted octanol–water partition coefficient (Wildman–Crippen LogP) is 3.07. The van der Waals surface area contributed by atoms with Crippen LogP contribution in [0.1, 0.15) is 9.88 Å². The molecular weight excluding hydrogens is 300 g/mol. The first-order valence-electron chi connectivity index (χ1n) is 6.18. The molecule has 1 heterocycles. The summed E-state index contributed by atoms with van der Waals surface area (Å²) in [5.74, 6) is -1.92. The van der Waals surface area contributed by atoms with Crippen LogP contribution in [-0.4, -0.2) is 23.5 Å². The van der Waals surface area contributed by atoms with Gasteiger partial charge >= 0.3 is 5.69 Å². The zero-order chi connectivity index (χ0) is 15.6. The van der Waals surface area contributed by atoms with Crippen molar-refractivity contribution in [1.29, 1.82) is 0 Å². The van der Waals surface area contributed by atoms with Crippen LogP contribution in [0.25, 0.3) is 11.3 Å². The highest BCUT2D eigenvalue weighted by atomic mass is 32.1. The average Bonchev–Trinajstić information content (AvgIpc) is 2.79. The number of nitro groups is 1. The number of rotatable bonds is 5. The highest BCUT2D eigenvalue weighted by Crippen LogP contribution is 2.34. The Morgan fingerprint density at radius 3 is 2.76 bits per heavy atom. The predicted molar refractivity (Wildman–Crippen MR) is 76.5 cm³/mol. The molecule has 21 heavy (non-hydrogen) atoms. The van der Waals surface area contributed by atoms with E-state index in [1.807, 2.05) is 0 Å². The van der Waals surface area contributed by atoms with E-state index in [4.69, 9.17) is 0 Å². The summed E-state index contributed by atoms with van der Waals surface area (Å²) < 4.78 is 27.8. The van der Waals surface area contributed by atoms with Gasteiger partial charge in [-0.2, -0.15) is 4.39 Å². The van der Waals surface area contributed by atoms with Crippen LogP contribution in [-0.2, 0) is 6.42 Å². The summed E-state index contributed by atoms with van der Waals surface area (Å²) in [6, 6.07) is 1.52. The van der Waals surface area contributed by atoms with E-state index in [1.54, 1.807) is 14.0 Å². The third-order valence-corrected chi connectivity index (χ3v) is 3.91. The quantitative estimate of drug-likeness (QED) is 0.680. The van der Waals surface area contributed by atoms with Gasteiger partial charge in [0.15, 0.2) is 0 Å². The molecule has 5 nitrogen and oxygen atoms in total. The molecule has 0 fully saturated rings. The van der Waals surface area contributed by atoms with E-state index in [0.717, 1.165) is 10.9 Å². The summed E-state index contributed by atoms with van der Waals surface area (Å²) in [6.45, 7) is 2.40. The maximum atomic E-state index is 14.2. The van der Waals surface area contributed by atoms with E-state index in [-0.39, 0.29) is 11.3 Å². The first-order chi connectivity index (χ1) is 9.93. The minimum atomic E-state index is -1.06. The molecule has 0 aliphatic carbocycles. The summed E-state index contributed by atoms with van der Waals surface area (Å²) in [5.41, 5.74) is -0.778. The maximum absolute atomic E-state index is 14.2. The van der Waals surface area contributed by atoms with Crippen molar-refractivity contribution < 1.29 is 13.7 Å². The van der Waals surface area contributed by atoms with Crippen molar-refractivity contribution in [3.8, 4) is 11.3 Å². The second-order valence-corrected chi connectivity index (χ2v) is 5.69. The zero-order valence-electron chi connectivity index (χ0n) is 11.4. The monoisotopic (exact) mass is 313 g/mol. The van der Waals surface area contributed by atoms with Crippen LogP contribution in [0, 0.1) is 28.7 Å². The molecule has 0 unspecified atom stereocenters. The number of halogens is 2. The third-order valence-electron chi connectivity index (χ3n) is 2.88. The number of nitrogens with one attached hydrogen (secondary N) is 1. The van der Waals surface area contributed by atoms with Gasteiger partial charge in [0.2, 0.25) is 5.82 Å². The minimum absolute atomic E-state index is 0.169. The number of benzene rings is 1. The Balaban J connectivity index is 2.59. The van der Waals surface area contributed by atoms with Gasteiger partial charge in [0.25, 0.3) is 0 Å². The number of nitro benzene ring substituents is 1. The molecule has 0 aliphatic heterocycles. The summed E-state index contributed by atoms with van der Waals surface area (Å²) in [5, 5.41) is 14.5. The maximum Gasteiger partial charge on any atom is 0.308 e. The Labute approximate surface area is 123 Å². The lowest BCUT2D eigenvalue weighted by Crippen LogP contribution is -2.10. The van der Waals surface area contributed by atoms with Crippen molar-refractivity contribution in [2.75, 3.05) is 13.6 Å². The van der Waals surface area contributed by atoms with E-state index in [1.165, 1.54) is 11.3 Å². The van der Waals surface area contributed by atoms with Crippen LogP contribution in [0.4, 0.5) is 14.5 Å². The largest absolute Gasteiger partial charge is 0.319 e. The topological polar surface area (TPSA) is 68.1 Å². The summed E-state index contributed by atoms with van der Waals surface area (Å²) >= 11 is 1.37. The van der Waals surface area contributed by atoms with E-state index in [9.17, 15) is 18.9 Å². The van der Waals surface area contributed by atoms with Crippen LogP contribution >= 0.6 is 11.3 Å². The lowest BCUT2D eigenvalue weighted by molar-refractivity contribution is -0.387. The van der Waals surface area contributed by atoms with Crippen molar-refractivity contribution >= 4 is 17.0 Å². The molecule has 0 radical (unpaired) electrons. The molecule has 2 rings (SSSR count). The minimum Gasteiger partial charge on any atom is -0.319 e. The number of aryl methyl sites for hydroxylation is 1. The fourth-order valence-corrected chi connectivity index (χ4v) is 2.92. The summed E-state index contributed by atoms with van der Waals surface area (Å²) in [6.07, 6.45) is 0.584. The standard InChI is InChI=1S/C13H13F2N3O2S/c1-7-17-13(11(21-7)3-4-16-2)9-5-8(14)6-10(12(9)15)18(19)20/h5-6,16H,3-4H2,1-2H3. The lowest BCUT2D eigenvalue weighted by Gasteiger charge is -2.05. The third kappa shape index (κ3) is 3.22. The number of nitrogens with zero attached hydrogens (tertiary/aromatic N) is 2. The smallest absolute Gasteiger partial charge is 0.308 e. The Hall–Kier alpha value is -1.93. The Morgan fingerprint density at radius 1 is 1.43 bits per heavy atom. The molecule has 0 saturated carbocycles. The molecule has 1 N–H and O–H groups in total. The second-order valence-electron chi connectivity index (χ2n) is 4.40. The molecule has 0 aliphatic rings. The Kier molecular flexibility index (Phi) is 4.59. The van der Waals surface area contributed by atoms with E-state index < -0.39 is 22.2 Å². The average molecular weight is 313 g/mol. The Bertz CT molecular complexity index is 688. The van der Waals surface area contributed by atoms with Crippen LogP contribution in [0.15, 0.2) is 12.1 Å². The number of hydrogen-bond donors (Lipinski definition) is 1. The van der Waals surface area contributed by atoms with Gasteiger partial charge in [0.05, 0.1) is 21.7 Å². The van der Waals surface area contributed by atoms with Crippen LogP contribution in [0.2, 0.25) is 0 Å². The van der Waals surface area contributed by atoms with Gasteiger partial charge in [-0.15, -0.1) is 11.3 Å². The van der Waals surface area contributed by atoms with Crippen molar-refractivity contribution in [3.05, 3.63) is 43.8 Å². The fraction of sp³-hybridized carbons (Fsp3) is 0.308. The molecule has 2 aromatic rings. The molecular formula is C13H13F2N3O2S. The number of thiazole rings is 1. The van der Waals surface area contributed by atoms with Crippen LogP contribution in [0.3, 0.4) is 0 Å². The van der Waals surface area contributed by atoms with Gasteiger partial charge in [-0.25, -0.2) is 9.37 Å². The molecule has 112 valence electrons. The molecule has 0 bridgehead atoms. The fourth-order valence-electron chi connectivity index (χ4n) is 1.97. The number of aromatic nitrogens is 1. The zero-order valence-corrected chi connectivity index (χ0v) is 12.3. The second kappa shape index (κ2) is 6.23. The normalized spacial score (nSPS) is 10.9. The molecule has 0 amide bonds. The highest BCUT2D eigenvalue weighted by Gasteiger charge is 2.24. The van der Waals surface area contributed by atoms with Gasteiger partial charge < -0.3 is 5.32 Å². The van der Waals surface area contributed by atoms with Crippen molar-refractivity contribution in [2.45, 2.75) is 13.3 Å². The molecule has 1 aromatic carbocycles. The first kappa shape index (κ1) is 15.5. The summed E-state index contributed by atoms with van der Waals surface area (Å²) in [7, 11) is 1.78. The van der Waals surface area contributed by atoms with Crippen LogP contribution in [0.5, 0.6) is 0 Å². The molecule has 1 aromatic heterocycles. The van der Waals surface area contributed by atoms with E-state index in [2.05, 4.69) is 10.3 Å². The van der Waals surface area contributed by atoms with E-state index >= 15 is 0 Å². The SMILES string of the molecule is CNCCc1sc(C)nc1-c1cc(F)cc([N+](=O)[O-])c1F. The number of hydrogen-bond acceptors (Lipinski definition) is 5. The van der Waals surface area contributed by atoms with Crippen molar-refractivity contribution in [3.63, 3.8) is 0 Å². The van der Waals surface area contributed by atoms with E-state index in [0.29, 0.717) is 24.0 Å². The van der Waals surface area contributed by atoms with Gasteiger partial charge in [-0.3, -0.25) is 10.1 Å². The highest BCUT2D eigenvalue weighted by molar-refractivity contribution is 7.12.